The number of para-hydroxylation sites is 1. The van der Waals surface area contributed by atoms with Gasteiger partial charge in [0.15, 0.2) is 5.79 Å². The number of aromatic nitrogens is 1. The number of fused-ring (bicyclic) bond motifs is 7. The molecule has 2 unspecified atom stereocenters. The fraction of sp³-hybridized carbons (Fsp3) is 0.529. The van der Waals surface area contributed by atoms with Crippen molar-refractivity contribution in [2.45, 2.75) is 37.4 Å². The predicted molar refractivity (Wildman–Crippen MR) is 76.7 cm³/mol. The highest BCUT2D eigenvalue weighted by Gasteiger charge is 2.51. The molecule has 2 atom stereocenters. The molecule has 5 rings (SSSR count). The molecule has 1 aromatic heterocycles. The molecule has 3 nitrogen and oxygen atoms in total. The molecule has 1 saturated heterocycles. The van der Waals surface area contributed by atoms with E-state index in [1.807, 2.05) is 0 Å². The molecule has 2 aliphatic carbocycles. The van der Waals surface area contributed by atoms with Crippen molar-refractivity contribution >= 4 is 10.9 Å². The maximum atomic E-state index is 6.04. The van der Waals surface area contributed by atoms with Gasteiger partial charge >= 0.3 is 0 Å². The number of hydrogen-bond donors (Lipinski definition) is 1. The first-order valence-corrected chi connectivity index (χ1v) is 7.73. The predicted octanol–water partition coefficient (Wildman–Crippen LogP) is 3.35. The Bertz CT molecular complexity index is 669. The van der Waals surface area contributed by atoms with Crippen molar-refractivity contribution in [1.82, 2.24) is 4.98 Å². The quantitative estimate of drug-likeness (QED) is 0.796. The molecular formula is C17H19NO2. The van der Waals surface area contributed by atoms with Gasteiger partial charge in [0.1, 0.15) is 0 Å². The molecule has 1 saturated carbocycles. The van der Waals surface area contributed by atoms with Crippen LogP contribution in [0.2, 0.25) is 0 Å². The molecule has 0 radical (unpaired) electrons. The lowest BCUT2D eigenvalue weighted by Crippen LogP contribution is -2.46. The Balaban J connectivity index is 1.65. The van der Waals surface area contributed by atoms with Gasteiger partial charge in [0.2, 0.25) is 0 Å². The van der Waals surface area contributed by atoms with E-state index in [0.717, 1.165) is 26.1 Å². The third kappa shape index (κ3) is 1.37. The minimum atomic E-state index is -0.271. The van der Waals surface area contributed by atoms with Gasteiger partial charge in [-0.05, 0) is 36.8 Å². The number of rotatable bonds is 0. The zero-order valence-corrected chi connectivity index (χ0v) is 11.5. The second kappa shape index (κ2) is 3.86. The van der Waals surface area contributed by atoms with Gasteiger partial charge < -0.3 is 14.5 Å². The van der Waals surface area contributed by atoms with Gasteiger partial charge in [-0.2, -0.15) is 0 Å². The van der Waals surface area contributed by atoms with Gasteiger partial charge in [0.05, 0.1) is 13.2 Å². The molecule has 2 aromatic rings. The van der Waals surface area contributed by atoms with Crippen LogP contribution in [0.5, 0.6) is 0 Å². The second-order valence-electron chi connectivity index (χ2n) is 6.44. The van der Waals surface area contributed by atoms with Crippen molar-refractivity contribution in [2.24, 2.45) is 5.92 Å². The summed E-state index contributed by atoms with van der Waals surface area (Å²) in [5, 5.41) is 1.40. The number of nitrogens with one attached hydrogen (secondary N) is 1. The minimum absolute atomic E-state index is 0.271. The van der Waals surface area contributed by atoms with Crippen molar-refractivity contribution < 1.29 is 9.47 Å². The Kier molecular flexibility index (Phi) is 2.19. The summed E-state index contributed by atoms with van der Waals surface area (Å²) in [6.07, 6.45) is 4.53. The van der Waals surface area contributed by atoms with Crippen LogP contribution in [0.3, 0.4) is 0 Å². The largest absolute Gasteiger partial charge is 0.358 e. The zero-order chi connectivity index (χ0) is 13.2. The van der Waals surface area contributed by atoms with Crippen LogP contribution >= 0.6 is 0 Å². The molecular weight excluding hydrogens is 250 g/mol. The average Bonchev–Trinajstić information content (AvgIpc) is 3.09. The number of benzene rings is 1. The van der Waals surface area contributed by atoms with Gasteiger partial charge in [-0.3, -0.25) is 0 Å². The fourth-order valence-electron chi connectivity index (χ4n) is 4.61. The first kappa shape index (κ1) is 11.4. The highest BCUT2D eigenvalue weighted by Crippen LogP contribution is 2.52. The molecule has 1 spiro atoms. The summed E-state index contributed by atoms with van der Waals surface area (Å²) in [4.78, 5) is 3.67. The van der Waals surface area contributed by atoms with Crippen LogP contribution in [0.25, 0.3) is 10.9 Å². The number of hydrogen-bond acceptors (Lipinski definition) is 2. The molecule has 3 heteroatoms. The van der Waals surface area contributed by atoms with E-state index in [4.69, 9.17) is 9.47 Å². The van der Waals surface area contributed by atoms with Crippen LogP contribution < -0.4 is 0 Å². The van der Waals surface area contributed by atoms with Crippen molar-refractivity contribution in [3.05, 3.63) is 35.5 Å². The summed E-state index contributed by atoms with van der Waals surface area (Å²) in [7, 11) is 0. The first-order valence-electron chi connectivity index (χ1n) is 7.73. The highest BCUT2D eigenvalue weighted by molar-refractivity contribution is 5.85. The Morgan fingerprint density at radius 2 is 2.00 bits per heavy atom. The molecule has 20 heavy (non-hydrogen) atoms. The molecule has 1 aromatic carbocycles. The molecule has 2 fully saturated rings. The standard InChI is InChI=1S/C17H19NO2/c1-2-4-15-13(3-1)14-10-12-9-11(16(14)18-15)5-6-17(12)19-7-8-20-17/h1-4,11-12,18H,5-10H2. The van der Waals surface area contributed by atoms with Crippen molar-refractivity contribution in [3.63, 3.8) is 0 Å². The van der Waals surface area contributed by atoms with E-state index in [-0.39, 0.29) is 5.79 Å². The van der Waals surface area contributed by atoms with Gasteiger partial charge in [0, 0.05) is 28.9 Å². The van der Waals surface area contributed by atoms with E-state index in [1.165, 1.54) is 35.0 Å². The third-order valence-corrected chi connectivity index (χ3v) is 5.51. The van der Waals surface area contributed by atoms with E-state index in [9.17, 15) is 0 Å². The highest BCUT2D eigenvalue weighted by atomic mass is 16.7. The topological polar surface area (TPSA) is 34.2 Å². The zero-order valence-electron chi connectivity index (χ0n) is 11.5. The lowest BCUT2D eigenvalue weighted by Gasteiger charge is -2.45. The normalized spacial score (nSPS) is 30.8. The Hall–Kier alpha value is -1.32. The molecule has 3 aliphatic rings. The van der Waals surface area contributed by atoms with Gasteiger partial charge in [-0.25, -0.2) is 0 Å². The molecule has 2 bridgehead atoms. The molecule has 1 aliphatic heterocycles. The van der Waals surface area contributed by atoms with Gasteiger partial charge in [-0.15, -0.1) is 0 Å². The number of ether oxygens (including phenoxy) is 2. The van der Waals surface area contributed by atoms with Crippen LogP contribution in [-0.2, 0) is 15.9 Å². The molecule has 1 N–H and O–H groups in total. The van der Waals surface area contributed by atoms with Gasteiger partial charge in [-0.1, -0.05) is 18.2 Å². The molecule has 2 heterocycles. The van der Waals surface area contributed by atoms with Crippen LogP contribution in [-0.4, -0.2) is 24.0 Å². The third-order valence-electron chi connectivity index (χ3n) is 5.51. The van der Waals surface area contributed by atoms with Crippen LogP contribution in [0.4, 0.5) is 0 Å². The first-order chi connectivity index (χ1) is 9.86. The Morgan fingerprint density at radius 3 is 2.90 bits per heavy atom. The monoisotopic (exact) mass is 269 g/mol. The fourth-order valence-corrected chi connectivity index (χ4v) is 4.61. The van der Waals surface area contributed by atoms with Crippen molar-refractivity contribution in [3.8, 4) is 0 Å². The van der Waals surface area contributed by atoms with E-state index in [0.29, 0.717) is 11.8 Å². The Morgan fingerprint density at radius 1 is 1.15 bits per heavy atom. The molecule has 104 valence electrons. The smallest absolute Gasteiger partial charge is 0.171 e. The lowest BCUT2D eigenvalue weighted by atomic mass is 9.68. The SMILES string of the molecule is c1ccc2c3c([nH]c2c1)C1CCC2(OCCO2)C(C3)C1. The average molecular weight is 269 g/mol. The Labute approximate surface area is 118 Å². The summed E-state index contributed by atoms with van der Waals surface area (Å²) in [6, 6.07) is 8.69. The maximum Gasteiger partial charge on any atom is 0.171 e. The van der Waals surface area contributed by atoms with Crippen LogP contribution in [0, 0.1) is 5.92 Å². The number of aromatic amines is 1. The van der Waals surface area contributed by atoms with Crippen LogP contribution in [0.1, 0.15) is 36.4 Å². The summed E-state index contributed by atoms with van der Waals surface area (Å²) >= 11 is 0. The van der Waals surface area contributed by atoms with Crippen molar-refractivity contribution in [1.29, 1.82) is 0 Å². The summed E-state index contributed by atoms with van der Waals surface area (Å²) in [6.45, 7) is 1.53. The van der Waals surface area contributed by atoms with E-state index < -0.39 is 0 Å². The van der Waals surface area contributed by atoms with Crippen LogP contribution in [0.15, 0.2) is 24.3 Å². The lowest BCUT2D eigenvalue weighted by molar-refractivity contribution is -0.216. The van der Waals surface area contributed by atoms with Crippen molar-refractivity contribution in [2.75, 3.05) is 13.2 Å². The summed E-state index contributed by atoms with van der Waals surface area (Å²) in [5.41, 5.74) is 4.28. The van der Waals surface area contributed by atoms with Gasteiger partial charge in [0.25, 0.3) is 0 Å². The number of H-pyrrole nitrogens is 1. The van der Waals surface area contributed by atoms with E-state index >= 15 is 0 Å². The second-order valence-corrected chi connectivity index (χ2v) is 6.44. The minimum Gasteiger partial charge on any atom is -0.358 e. The van der Waals surface area contributed by atoms with E-state index in [2.05, 4.69) is 29.2 Å². The molecule has 0 amide bonds. The summed E-state index contributed by atoms with van der Waals surface area (Å²) in [5.74, 6) is 0.914. The summed E-state index contributed by atoms with van der Waals surface area (Å²) < 4.78 is 12.1. The maximum absolute atomic E-state index is 6.04. The van der Waals surface area contributed by atoms with E-state index in [1.54, 1.807) is 0 Å².